The summed E-state index contributed by atoms with van der Waals surface area (Å²) in [6.07, 6.45) is 4.07. The molecule has 1 aromatic carbocycles. The molecule has 2 rings (SSSR count). The molecule has 0 spiro atoms. The van der Waals surface area contributed by atoms with Gasteiger partial charge in [0.1, 0.15) is 0 Å². The molecule has 1 heteroatoms. The third-order valence-corrected chi connectivity index (χ3v) is 3.49. The molecule has 1 fully saturated rings. The van der Waals surface area contributed by atoms with E-state index in [1.165, 1.54) is 30.4 Å². The van der Waals surface area contributed by atoms with Crippen LogP contribution in [0.1, 0.15) is 30.4 Å². The zero-order valence-corrected chi connectivity index (χ0v) is 9.14. The molecule has 1 aliphatic carbocycles. The quantitative estimate of drug-likeness (QED) is 0.770. The van der Waals surface area contributed by atoms with E-state index in [0.717, 1.165) is 6.54 Å². The first-order chi connectivity index (χ1) is 6.77. The molecular weight excluding hydrogens is 170 g/mol. The minimum Gasteiger partial charge on any atom is -0.319 e. The van der Waals surface area contributed by atoms with E-state index in [0.29, 0.717) is 5.41 Å². The zero-order chi connectivity index (χ0) is 10.0. The fraction of sp³-hybridized carbons (Fsp3) is 0.538. The van der Waals surface area contributed by atoms with E-state index in [9.17, 15) is 0 Å². The molecule has 1 aromatic rings. The molecule has 0 amide bonds. The minimum atomic E-state index is 0.447. The first-order valence-corrected chi connectivity index (χ1v) is 5.49. The maximum absolute atomic E-state index is 3.32. The van der Waals surface area contributed by atoms with Crippen molar-refractivity contribution >= 4 is 0 Å². The van der Waals surface area contributed by atoms with E-state index >= 15 is 0 Å². The van der Waals surface area contributed by atoms with Crippen molar-refractivity contribution in [3.8, 4) is 0 Å². The van der Waals surface area contributed by atoms with Crippen molar-refractivity contribution in [1.29, 1.82) is 0 Å². The smallest absolute Gasteiger partial charge is 0.00776 e. The minimum absolute atomic E-state index is 0.447. The van der Waals surface area contributed by atoms with Crippen LogP contribution in [0.4, 0.5) is 0 Å². The third kappa shape index (κ3) is 1.57. The Balaban J connectivity index is 2.23. The van der Waals surface area contributed by atoms with Gasteiger partial charge in [-0.3, -0.25) is 0 Å². The largest absolute Gasteiger partial charge is 0.319 e. The number of rotatable bonds is 3. The van der Waals surface area contributed by atoms with E-state index in [1.807, 2.05) is 7.05 Å². The van der Waals surface area contributed by atoms with Crippen LogP contribution in [-0.4, -0.2) is 13.6 Å². The summed E-state index contributed by atoms with van der Waals surface area (Å²) in [4.78, 5) is 0. The highest BCUT2D eigenvalue weighted by Crippen LogP contribution is 2.43. The van der Waals surface area contributed by atoms with Crippen molar-refractivity contribution in [2.45, 2.75) is 31.6 Å². The number of aryl methyl sites for hydroxylation is 1. The predicted octanol–water partition coefficient (Wildman–Crippen LogP) is 2.64. The van der Waals surface area contributed by atoms with E-state index in [-0.39, 0.29) is 0 Å². The Morgan fingerprint density at radius 3 is 2.29 bits per heavy atom. The normalized spacial score (nSPS) is 19.0. The van der Waals surface area contributed by atoms with E-state index in [4.69, 9.17) is 0 Å². The number of nitrogens with one attached hydrogen (secondary N) is 1. The van der Waals surface area contributed by atoms with Gasteiger partial charge in [-0.15, -0.1) is 0 Å². The molecule has 0 unspecified atom stereocenters. The molecule has 1 N–H and O–H groups in total. The topological polar surface area (TPSA) is 12.0 Å². The molecule has 0 aromatic heterocycles. The predicted molar refractivity (Wildman–Crippen MR) is 60.6 cm³/mol. The summed E-state index contributed by atoms with van der Waals surface area (Å²) in [6, 6.07) is 9.05. The van der Waals surface area contributed by atoms with Crippen molar-refractivity contribution < 1.29 is 0 Å². The third-order valence-electron chi connectivity index (χ3n) is 3.49. The Labute approximate surface area is 86.5 Å². The molecule has 1 saturated carbocycles. The lowest BCUT2D eigenvalue weighted by Crippen LogP contribution is -2.42. The van der Waals surface area contributed by atoms with Crippen LogP contribution in [-0.2, 0) is 5.41 Å². The lowest BCUT2D eigenvalue weighted by atomic mass is 9.64. The van der Waals surface area contributed by atoms with Crippen molar-refractivity contribution in [3.63, 3.8) is 0 Å². The summed E-state index contributed by atoms with van der Waals surface area (Å²) in [5.41, 5.74) is 3.32. The Bertz CT molecular complexity index is 296. The van der Waals surface area contributed by atoms with Gasteiger partial charge in [0.25, 0.3) is 0 Å². The van der Waals surface area contributed by atoms with Crippen molar-refractivity contribution in [1.82, 2.24) is 5.32 Å². The highest BCUT2D eigenvalue weighted by Gasteiger charge is 2.37. The Hall–Kier alpha value is -0.820. The number of hydrogen-bond donors (Lipinski definition) is 1. The summed E-state index contributed by atoms with van der Waals surface area (Å²) in [5, 5.41) is 3.32. The summed E-state index contributed by atoms with van der Waals surface area (Å²) in [6.45, 7) is 3.27. The van der Waals surface area contributed by atoms with Crippen molar-refractivity contribution in [2.75, 3.05) is 13.6 Å². The van der Waals surface area contributed by atoms with Gasteiger partial charge in [0.05, 0.1) is 0 Å². The lowest BCUT2D eigenvalue weighted by Gasteiger charge is -2.42. The second-order valence-corrected chi connectivity index (χ2v) is 4.53. The van der Waals surface area contributed by atoms with Crippen molar-refractivity contribution in [3.05, 3.63) is 35.4 Å². The average Bonchev–Trinajstić information content (AvgIpc) is 2.13. The molecule has 0 aliphatic heterocycles. The van der Waals surface area contributed by atoms with E-state index < -0.39 is 0 Å². The summed E-state index contributed by atoms with van der Waals surface area (Å²) in [7, 11) is 2.05. The van der Waals surface area contributed by atoms with Crippen LogP contribution in [0.5, 0.6) is 0 Å². The average molecular weight is 189 g/mol. The molecule has 0 heterocycles. The Morgan fingerprint density at radius 2 is 1.86 bits per heavy atom. The Kier molecular flexibility index (Phi) is 2.60. The monoisotopic (exact) mass is 189 g/mol. The van der Waals surface area contributed by atoms with Crippen LogP contribution in [0.15, 0.2) is 24.3 Å². The molecule has 14 heavy (non-hydrogen) atoms. The zero-order valence-electron chi connectivity index (χ0n) is 9.14. The molecule has 76 valence electrons. The lowest BCUT2D eigenvalue weighted by molar-refractivity contribution is 0.239. The molecule has 1 nitrogen and oxygen atoms in total. The fourth-order valence-corrected chi connectivity index (χ4v) is 2.42. The summed E-state index contributed by atoms with van der Waals surface area (Å²) >= 11 is 0. The number of benzene rings is 1. The number of hydrogen-bond acceptors (Lipinski definition) is 1. The maximum atomic E-state index is 3.32. The van der Waals surface area contributed by atoms with Gasteiger partial charge < -0.3 is 5.32 Å². The van der Waals surface area contributed by atoms with Gasteiger partial charge in [-0.2, -0.15) is 0 Å². The van der Waals surface area contributed by atoms with Crippen LogP contribution >= 0.6 is 0 Å². The molecule has 0 bridgehead atoms. The SMILES string of the molecule is CNCC1(c2ccc(C)cc2)CCC1. The van der Waals surface area contributed by atoms with Crippen LogP contribution in [0, 0.1) is 6.92 Å². The van der Waals surface area contributed by atoms with E-state index in [2.05, 4.69) is 36.5 Å². The second kappa shape index (κ2) is 3.74. The molecule has 0 saturated heterocycles. The number of likely N-dealkylation sites (N-methyl/N-ethyl adjacent to an activating group) is 1. The van der Waals surface area contributed by atoms with Gasteiger partial charge >= 0.3 is 0 Å². The van der Waals surface area contributed by atoms with Crippen LogP contribution in [0.3, 0.4) is 0 Å². The summed E-state index contributed by atoms with van der Waals surface area (Å²) in [5.74, 6) is 0. The molecule has 0 atom stereocenters. The first-order valence-electron chi connectivity index (χ1n) is 5.49. The fourth-order valence-electron chi connectivity index (χ4n) is 2.42. The van der Waals surface area contributed by atoms with Gasteiger partial charge in [-0.1, -0.05) is 36.2 Å². The highest BCUT2D eigenvalue weighted by molar-refractivity contribution is 5.31. The summed E-state index contributed by atoms with van der Waals surface area (Å²) < 4.78 is 0. The second-order valence-electron chi connectivity index (χ2n) is 4.53. The molecular formula is C13H19N. The van der Waals surface area contributed by atoms with Gasteiger partial charge in [0.15, 0.2) is 0 Å². The van der Waals surface area contributed by atoms with Gasteiger partial charge in [0.2, 0.25) is 0 Å². The van der Waals surface area contributed by atoms with Crippen LogP contribution in [0.2, 0.25) is 0 Å². The van der Waals surface area contributed by atoms with Crippen molar-refractivity contribution in [2.24, 2.45) is 0 Å². The molecule has 0 radical (unpaired) electrons. The highest BCUT2D eigenvalue weighted by atomic mass is 14.8. The maximum Gasteiger partial charge on any atom is 0.00776 e. The van der Waals surface area contributed by atoms with E-state index in [1.54, 1.807) is 0 Å². The Morgan fingerprint density at radius 1 is 1.21 bits per heavy atom. The van der Waals surface area contributed by atoms with Crippen LogP contribution in [0.25, 0.3) is 0 Å². The van der Waals surface area contributed by atoms with Crippen LogP contribution < -0.4 is 5.32 Å². The van der Waals surface area contributed by atoms with Gasteiger partial charge in [-0.05, 0) is 32.4 Å². The molecule has 1 aliphatic rings. The van der Waals surface area contributed by atoms with Gasteiger partial charge in [0, 0.05) is 12.0 Å². The standard InChI is InChI=1S/C13H19N/c1-11-4-6-12(7-5-11)13(10-14-2)8-3-9-13/h4-7,14H,3,8-10H2,1-2H3. The van der Waals surface area contributed by atoms with Gasteiger partial charge in [-0.25, -0.2) is 0 Å². The first kappa shape index (κ1) is 9.72.